The molecule has 6 heteroatoms. The molecular formula is C33H55NO5. The van der Waals surface area contributed by atoms with Crippen molar-refractivity contribution in [3.63, 3.8) is 0 Å². The van der Waals surface area contributed by atoms with Crippen LogP contribution in [0, 0.1) is 0 Å². The lowest BCUT2D eigenvalue weighted by Crippen LogP contribution is -2.54. The molecule has 0 spiro atoms. The summed E-state index contributed by atoms with van der Waals surface area (Å²) in [7, 11) is 0. The predicted molar refractivity (Wildman–Crippen MR) is 158 cm³/mol. The molecule has 0 radical (unpaired) electrons. The third-order valence-corrected chi connectivity index (χ3v) is 7.40. The largest absolute Gasteiger partial charge is 0.456 e. The SMILES string of the molecule is CCCCCCCCCCCCCCC[C@@H](OC(=O)c1ccccc1)C1COC(C)(C)N1C(=O)OC(C)(C)C. The van der Waals surface area contributed by atoms with Gasteiger partial charge in [-0.05, 0) is 59.6 Å². The third-order valence-electron chi connectivity index (χ3n) is 7.40. The molecule has 1 heterocycles. The zero-order chi connectivity index (χ0) is 28.7. The van der Waals surface area contributed by atoms with Gasteiger partial charge in [-0.25, -0.2) is 9.59 Å². The summed E-state index contributed by atoms with van der Waals surface area (Å²) >= 11 is 0. The molecule has 2 rings (SSSR count). The van der Waals surface area contributed by atoms with Crippen LogP contribution in [0.25, 0.3) is 0 Å². The Labute approximate surface area is 238 Å². The summed E-state index contributed by atoms with van der Waals surface area (Å²) in [6, 6.07) is 8.63. The summed E-state index contributed by atoms with van der Waals surface area (Å²) in [5.41, 5.74) is -0.971. The van der Waals surface area contributed by atoms with Gasteiger partial charge in [0.1, 0.15) is 17.4 Å². The van der Waals surface area contributed by atoms with Gasteiger partial charge in [-0.1, -0.05) is 102 Å². The maximum atomic E-state index is 13.2. The van der Waals surface area contributed by atoms with Gasteiger partial charge < -0.3 is 14.2 Å². The minimum atomic E-state index is -0.847. The molecule has 2 atom stereocenters. The standard InChI is InChI=1S/C33H55NO5/c1-7-8-9-10-11-12-13-14-15-16-17-18-22-25-29(38-30(35)27-23-20-19-21-24-27)28-26-37-33(5,6)34(28)31(36)39-32(2,3)4/h19-21,23-24,28-29H,7-18,22,25-26H2,1-6H3/t28?,29-/m1/s1. The molecule has 0 saturated carbocycles. The van der Waals surface area contributed by atoms with E-state index in [2.05, 4.69) is 6.92 Å². The van der Waals surface area contributed by atoms with Gasteiger partial charge in [-0.3, -0.25) is 4.90 Å². The maximum Gasteiger partial charge on any atom is 0.413 e. The topological polar surface area (TPSA) is 65.1 Å². The normalized spacial score (nSPS) is 17.7. The summed E-state index contributed by atoms with van der Waals surface area (Å²) in [4.78, 5) is 27.9. The summed E-state index contributed by atoms with van der Waals surface area (Å²) in [6.45, 7) is 11.8. The smallest absolute Gasteiger partial charge is 0.413 e. The second kappa shape index (κ2) is 16.9. The Morgan fingerprint density at radius 2 is 1.41 bits per heavy atom. The van der Waals surface area contributed by atoms with Crippen LogP contribution < -0.4 is 0 Å². The quantitative estimate of drug-likeness (QED) is 0.144. The molecule has 1 aliphatic rings. The number of benzene rings is 1. The first-order chi connectivity index (χ1) is 18.5. The number of amides is 1. The molecule has 0 aliphatic carbocycles. The number of nitrogens with zero attached hydrogens (tertiary/aromatic N) is 1. The van der Waals surface area contributed by atoms with Gasteiger partial charge in [0.2, 0.25) is 0 Å². The van der Waals surface area contributed by atoms with Gasteiger partial charge in [0.05, 0.1) is 18.2 Å². The Morgan fingerprint density at radius 1 is 0.897 bits per heavy atom. The molecule has 1 unspecified atom stereocenters. The number of unbranched alkanes of at least 4 members (excludes halogenated alkanes) is 12. The van der Waals surface area contributed by atoms with Crippen molar-refractivity contribution < 1.29 is 23.8 Å². The average Bonchev–Trinajstić information content (AvgIpc) is 3.20. The van der Waals surface area contributed by atoms with Crippen molar-refractivity contribution in [2.24, 2.45) is 0 Å². The molecule has 1 fully saturated rings. The Hall–Kier alpha value is -2.08. The van der Waals surface area contributed by atoms with Crippen LogP contribution >= 0.6 is 0 Å². The number of carbonyl (C=O) groups is 2. The number of ether oxygens (including phenoxy) is 3. The van der Waals surface area contributed by atoms with Crippen LogP contribution in [0.4, 0.5) is 4.79 Å². The van der Waals surface area contributed by atoms with E-state index in [1.54, 1.807) is 17.0 Å². The fraction of sp³-hybridized carbons (Fsp3) is 0.758. The van der Waals surface area contributed by atoms with E-state index < -0.39 is 29.6 Å². The molecule has 0 bridgehead atoms. The van der Waals surface area contributed by atoms with Crippen LogP contribution in [-0.4, -0.2) is 47.0 Å². The van der Waals surface area contributed by atoms with E-state index in [-0.39, 0.29) is 5.97 Å². The first kappa shape index (κ1) is 33.1. The van der Waals surface area contributed by atoms with Crippen molar-refractivity contribution in [1.82, 2.24) is 4.90 Å². The fourth-order valence-corrected chi connectivity index (χ4v) is 5.25. The summed E-state index contributed by atoms with van der Waals surface area (Å²) < 4.78 is 17.8. The summed E-state index contributed by atoms with van der Waals surface area (Å²) in [5.74, 6) is -0.371. The first-order valence-electron chi connectivity index (χ1n) is 15.5. The van der Waals surface area contributed by atoms with E-state index in [1.807, 2.05) is 52.8 Å². The zero-order valence-corrected chi connectivity index (χ0v) is 25.6. The van der Waals surface area contributed by atoms with E-state index in [9.17, 15) is 9.59 Å². The predicted octanol–water partition coefficient (Wildman–Crippen LogP) is 9.07. The van der Waals surface area contributed by atoms with E-state index in [0.29, 0.717) is 18.6 Å². The molecule has 1 aromatic rings. The molecule has 39 heavy (non-hydrogen) atoms. The number of hydrogen-bond acceptors (Lipinski definition) is 5. The molecule has 1 aromatic carbocycles. The van der Waals surface area contributed by atoms with Crippen molar-refractivity contribution >= 4 is 12.1 Å². The molecule has 222 valence electrons. The van der Waals surface area contributed by atoms with Crippen molar-refractivity contribution in [2.75, 3.05) is 6.61 Å². The first-order valence-corrected chi connectivity index (χ1v) is 15.5. The van der Waals surface area contributed by atoms with Crippen LogP contribution in [0.15, 0.2) is 30.3 Å². The Morgan fingerprint density at radius 3 is 1.92 bits per heavy atom. The van der Waals surface area contributed by atoms with Crippen molar-refractivity contribution in [1.29, 1.82) is 0 Å². The molecule has 6 nitrogen and oxygen atoms in total. The zero-order valence-electron chi connectivity index (χ0n) is 25.6. The van der Waals surface area contributed by atoms with Gasteiger partial charge in [-0.15, -0.1) is 0 Å². The third kappa shape index (κ3) is 12.3. The maximum absolute atomic E-state index is 13.2. The number of carbonyl (C=O) groups excluding carboxylic acids is 2. The Bertz CT molecular complexity index is 832. The number of rotatable bonds is 17. The average molecular weight is 546 g/mol. The van der Waals surface area contributed by atoms with Gasteiger partial charge in [-0.2, -0.15) is 0 Å². The van der Waals surface area contributed by atoms with E-state index in [4.69, 9.17) is 14.2 Å². The highest BCUT2D eigenvalue weighted by Gasteiger charge is 2.49. The van der Waals surface area contributed by atoms with E-state index in [0.717, 1.165) is 12.8 Å². The highest BCUT2D eigenvalue weighted by Crippen LogP contribution is 2.33. The van der Waals surface area contributed by atoms with Crippen molar-refractivity contribution in [2.45, 2.75) is 155 Å². The second-order valence-electron chi connectivity index (χ2n) is 12.5. The van der Waals surface area contributed by atoms with Crippen LogP contribution in [0.3, 0.4) is 0 Å². The summed E-state index contributed by atoms with van der Waals surface area (Å²) in [5, 5.41) is 0. The molecule has 1 aliphatic heterocycles. The second-order valence-corrected chi connectivity index (χ2v) is 12.5. The van der Waals surface area contributed by atoms with Gasteiger partial charge >= 0.3 is 12.1 Å². The van der Waals surface area contributed by atoms with Crippen LogP contribution in [-0.2, 0) is 14.2 Å². The fourth-order valence-electron chi connectivity index (χ4n) is 5.25. The van der Waals surface area contributed by atoms with Crippen LogP contribution in [0.2, 0.25) is 0 Å². The Kier molecular flexibility index (Phi) is 14.3. The molecule has 0 N–H and O–H groups in total. The monoisotopic (exact) mass is 545 g/mol. The minimum Gasteiger partial charge on any atom is -0.456 e. The highest BCUT2D eigenvalue weighted by atomic mass is 16.6. The number of hydrogen-bond donors (Lipinski definition) is 0. The van der Waals surface area contributed by atoms with Gasteiger partial charge in [0, 0.05) is 0 Å². The molecule has 1 amide bonds. The van der Waals surface area contributed by atoms with Crippen LogP contribution in [0.1, 0.15) is 142 Å². The highest BCUT2D eigenvalue weighted by molar-refractivity contribution is 5.89. The van der Waals surface area contributed by atoms with E-state index >= 15 is 0 Å². The lowest BCUT2D eigenvalue weighted by molar-refractivity contribution is -0.0698. The number of esters is 1. The van der Waals surface area contributed by atoms with Crippen LogP contribution in [0.5, 0.6) is 0 Å². The van der Waals surface area contributed by atoms with Crippen molar-refractivity contribution in [3.8, 4) is 0 Å². The van der Waals surface area contributed by atoms with E-state index in [1.165, 1.54) is 70.6 Å². The summed E-state index contributed by atoms with van der Waals surface area (Å²) in [6.07, 6.45) is 16.4. The van der Waals surface area contributed by atoms with Crippen molar-refractivity contribution in [3.05, 3.63) is 35.9 Å². The molecule has 1 saturated heterocycles. The molecule has 0 aromatic heterocycles. The lowest BCUT2D eigenvalue weighted by atomic mass is 10.0. The van der Waals surface area contributed by atoms with Gasteiger partial charge in [0.25, 0.3) is 0 Å². The Balaban J connectivity index is 1.89. The van der Waals surface area contributed by atoms with Gasteiger partial charge in [0.15, 0.2) is 0 Å². The molecular weight excluding hydrogens is 490 g/mol. The minimum absolute atomic E-state index is 0.303. The lowest BCUT2D eigenvalue weighted by Gasteiger charge is -2.37.